The first-order valence-corrected chi connectivity index (χ1v) is 9.25. The highest BCUT2D eigenvalue weighted by Crippen LogP contribution is 2.28. The SMILES string of the molecule is CCc1ccc(NC(C)=O)cc1NC(=O)c1c(C)c2ccccc2n1CC. The van der Waals surface area contributed by atoms with E-state index in [1.807, 2.05) is 67.8 Å². The number of nitrogens with zero attached hydrogens (tertiary/aromatic N) is 1. The lowest BCUT2D eigenvalue weighted by atomic mass is 10.1. The van der Waals surface area contributed by atoms with Crippen LogP contribution in [0.25, 0.3) is 10.9 Å². The smallest absolute Gasteiger partial charge is 0.272 e. The van der Waals surface area contributed by atoms with Gasteiger partial charge in [0, 0.05) is 35.7 Å². The first kappa shape index (κ1) is 18.7. The Hall–Kier alpha value is -3.08. The van der Waals surface area contributed by atoms with Gasteiger partial charge >= 0.3 is 0 Å². The maximum atomic E-state index is 13.2. The molecule has 0 radical (unpaired) electrons. The Kier molecular flexibility index (Phi) is 5.31. The molecular weight excluding hydrogens is 338 g/mol. The number of aromatic nitrogens is 1. The molecule has 0 aliphatic carbocycles. The summed E-state index contributed by atoms with van der Waals surface area (Å²) in [5, 5.41) is 6.92. The zero-order chi connectivity index (χ0) is 19.6. The zero-order valence-electron chi connectivity index (χ0n) is 16.2. The highest BCUT2D eigenvalue weighted by molar-refractivity contribution is 6.09. The molecule has 0 aliphatic rings. The number of rotatable bonds is 5. The number of benzene rings is 2. The molecule has 1 heterocycles. The number of carbonyl (C=O) groups excluding carboxylic acids is 2. The van der Waals surface area contributed by atoms with Crippen LogP contribution in [-0.4, -0.2) is 16.4 Å². The molecule has 2 aromatic carbocycles. The molecule has 2 N–H and O–H groups in total. The van der Waals surface area contributed by atoms with Gasteiger partial charge in [-0.2, -0.15) is 0 Å². The zero-order valence-corrected chi connectivity index (χ0v) is 16.2. The van der Waals surface area contributed by atoms with Crippen molar-refractivity contribution in [3.63, 3.8) is 0 Å². The van der Waals surface area contributed by atoms with Crippen LogP contribution in [0.1, 0.15) is 42.4 Å². The predicted molar refractivity (Wildman–Crippen MR) is 110 cm³/mol. The van der Waals surface area contributed by atoms with Crippen molar-refractivity contribution in [2.45, 2.75) is 40.7 Å². The number of para-hydroxylation sites is 1. The molecule has 0 aliphatic heterocycles. The number of hydrogen-bond donors (Lipinski definition) is 2. The summed E-state index contributed by atoms with van der Waals surface area (Å²) in [5.74, 6) is -0.279. The maximum Gasteiger partial charge on any atom is 0.272 e. The minimum Gasteiger partial charge on any atom is -0.337 e. The van der Waals surface area contributed by atoms with Crippen molar-refractivity contribution in [3.8, 4) is 0 Å². The monoisotopic (exact) mass is 363 g/mol. The van der Waals surface area contributed by atoms with Crippen molar-refractivity contribution in [2.24, 2.45) is 0 Å². The minimum absolute atomic E-state index is 0.139. The van der Waals surface area contributed by atoms with Gasteiger partial charge in [-0.05, 0) is 49.6 Å². The number of amides is 2. The summed E-state index contributed by atoms with van der Waals surface area (Å²) in [6, 6.07) is 13.7. The van der Waals surface area contributed by atoms with Crippen LogP contribution in [0.2, 0.25) is 0 Å². The van der Waals surface area contributed by atoms with E-state index in [-0.39, 0.29) is 11.8 Å². The molecule has 5 nitrogen and oxygen atoms in total. The Bertz CT molecular complexity index is 1020. The fraction of sp³-hybridized carbons (Fsp3) is 0.273. The third kappa shape index (κ3) is 3.58. The van der Waals surface area contributed by atoms with Crippen LogP contribution >= 0.6 is 0 Å². The largest absolute Gasteiger partial charge is 0.337 e. The molecule has 0 unspecified atom stereocenters. The van der Waals surface area contributed by atoms with E-state index < -0.39 is 0 Å². The molecular formula is C22H25N3O2. The van der Waals surface area contributed by atoms with Gasteiger partial charge < -0.3 is 15.2 Å². The summed E-state index contributed by atoms with van der Waals surface area (Å²) in [7, 11) is 0. The lowest BCUT2D eigenvalue weighted by Crippen LogP contribution is -2.19. The van der Waals surface area contributed by atoms with Crippen molar-refractivity contribution in [3.05, 3.63) is 59.3 Å². The normalized spacial score (nSPS) is 10.8. The van der Waals surface area contributed by atoms with Crippen LogP contribution in [0.15, 0.2) is 42.5 Å². The van der Waals surface area contributed by atoms with Crippen molar-refractivity contribution in [1.29, 1.82) is 0 Å². The number of carbonyl (C=O) groups is 2. The van der Waals surface area contributed by atoms with Crippen LogP contribution in [0.3, 0.4) is 0 Å². The van der Waals surface area contributed by atoms with Gasteiger partial charge in [-0.15, -0.1) is 0 Å². The highest BCUT2D eigenvalue weighted by atomic mass is 16.2. The van der Waals surface area contributed by atoms with E-state index in [0.29, 0.717) is 17.9 Å². The second kappa shape index (κ2) is 7.66. The average molecular weight is 363 g/mol. The Morgan fingerprint density at radius 2 is 1.78 bits per heavy atom. The van der Waals surface area contributed by atoms with Crippen LogP contribution in [0.4, 0.5) is 11.4 Å². The van der Waals surface area contributed by atoms with Gasteiger partial charge in [0.25, 0.3) is 5.91 Å². The second-order valence-corrected chi connectivity index (χ2v) is 6.60. The second-order valence-electron chi connectivity index (χ2n) is 6.60. The number of anilines is 2. The van der Waals surface area contributed by atoms with E-state index >= 15 is 0 Å². The van der Waals surface area contributed by atoms with Crippen molar-refractivity contribution >= 4 is 34.1 Å². The van der Waals surface area contributed by atoms with Gasteiger partial charge in [0.05, 0.1) is 0 Å². The summed E-state index contributed by atoms with van der Waals surface area (Å²) in [4.78, 5) is 24.5. The number of nitrogens with one attached hydrogen (secondary N) is 2. The number of aryl methyl sites for hydroxylation is 3. The fourth-order valence-electron chi connectivity index (χ4n) is 3.56. The van der Waals surface area contributed by atoms with E-state index in [2.05, 4.69) is 10.6 Å². The molecule has 3 aromatic rings. The molecule has 5 heteroatoms. The van der Waals surface area contributed by atoms with E-state index in [4.69, 9.17) is 0 Å². The molecule has 0 saturated carbocycles. The topological polar surface area (TPSA) is 63.1 Å². The Morgan fingerprint density at radius 3 is 2.44 bits per heavy atom. The van der Waals surface area contributed by atoms with E-state index in [9.17, 15) is 9.59 Å². The Balaban J connectivity index is 2.02. The van der Waals surface area contributed by atoms with E-state index in [1.165, 1.54) is 6.92 Å². The highest BCUT2D eigenvalue weighted by Gasteiger charge is 2.20. The first-order valence-electron chi connectivity index (χ1n) is 9.25. The molecule has 0 saturated heterocycles. The number of hydrogen-bond acceptors (Lipinski definition) is 2. The Labute approximate surface area is 159 Å². The third-order valence-electron chi connectivity index (χ3n) is 4.81. The standard InChI is InChI=1S/C22H25N3O2/c1-5-16-11-12-17(23-15(4)26)13-19(16)24-22(27)21-14(3)18-9-7-8-10-20(18)25(21)6-2/h7-13H,5-6H2,1-4H3,(H,23,26)(H,24,27). The maximum absolute atomic E-state index is 13.2. The van der Waals surface area contributed by atoms with Crippen molar-refractivity contribution in [2.75, 3.05) is 10.6 Å². The van der Waals surface area contributed by atoms with Crippen LogP contribution in [0.5, 0.6) is 0 Å². The van der Waals surface area contributed by atoms with Crippen LogP contribution in [0, 0.1) is 6.92 Å². The lowest BCUT2D eigenvalue weighted by Gasteiger charge is -2.14. The third-order valence-corrected chi connectivity index (χ3v) is 4.81. The summed E-state index contributed by atoms with van der Waals surface area (Å²) in [5.41, 5.74) is 5.12. The molecule has 2 amide bonds. The molecule has 140 valence electrons. The van der Waals surface area contributed by atoms with E-state index in [1.54, 1.807) is 0 Å². The summed E-state index contributed by atoms with van der Waals surface area (Å²) >= 11 is 0. The van der Waals surface area contributed by atoms with Gasteiger partial charge in [-0.25, -0.2) is 0 Å². The molecule has 0 fully saturated rings. The first-order chi connectivity index (χ1) is 13.0. The molecule has 0 spiro atoms. The molecule has 0 atom stereocenters. The minimum atomic E-state index is -0.140. The molecule has 0 bridgehead atoms. The van der Waals surface area contributed by atoms with Gasteiger partial charge in [0.1, 0.15) is 5.69 Å². The lowest BCUT2D eigenvalue weighted by molar-refractivity contribution is -0.114. The number of fused-ring (bicyclic) bond motifs is 1. The summed E-state index contributed by atoms with van der Waals surface area (Å²) in [6.45, 7) is 8.24. The molecule has 27 heavy (non-hydrogen) atoms. The Morgan fingerprint density at radius 1 is 1.04 bits per heavy atom. The van der Waals surface area contributed by atoms with Crippen molar-refractivity contribution < 1.29 is 9.59 Å². The quantitative estimate of drug-likeness (QED) is 0.687. The molecule has 1 aromatic heterocycles. The summed E-state index contributed by atoms with van der Waals surface area (Å²) in [6.07, 6.45) is 0.783. The average Bonchev–Trinajstić information content (AvgIpc) is 2.94. The molecule has 3 rings (SSSR count). The van der Waals surface area contributed by atoms with E-state index in [0.717, 1.165) is 34.1 Å². The van der Waals surface area contributed by atoms with Gasteiger partial charge in [-0.3, -0.25) is 9.59 Å². The van der Waals surface area contributed by atoms with Crippen molar-refractivity contribution in [1.82, 2.24) is 4.57 Å². The van der Waals surface area contributed by atoms with Gasteiger partial charge in [-0.1, -0.05) is 31.2 Å². The van der Waals surface area contributed by atoms with Gasteiger partial charge in [0.2, 0.25) is 5.91 Å². The van der Waals surface area contributed by atoms with Gasteiger partial charge in [0.15, 0.2) is 0 Å². The van der Waals surface area contributed by atoms with Crippen LogP contribution in [-0.2, 0) is 17.8 Å². The van der Waals surface area contributed by atoms with Crippen LogP contribution < -0.4 is 10.6 Å². The fourth-order valence-corrected chi connectivity index (χ4v) is 3.56. The summed E-state index contributed by atoms with van der Waals surface area (Å²) < 4.78 is 2.04. The predicted octanol–water partition coefficient (Wildman–Crippen LogP) is 4.74.